The number of benzene rings is 1. The van der Waals surface area contributed by atoms with Gasteiger partial charge in [0, 0.05) is 43.4 Å². The van der Waals surface area contributed by atoms with E-state index in [1.54, 1.807) is 42.5 Å². The molecular weight excluding hydrogens is 514 g/mol. The maximum absolute atomic E-state index is 13.8. The lowest BCUT2D eigenvalue weighted by atomic mass is 9.85. The predicted octanol–water partition coefficient (Wildman–Crippen LogP) is 4.72. The van der Waals surface area contributed by atoms with Crippen LogP contribution in [0.15, 0.2) is 78.4 Å². The largest absolute Gasteiger partial charge is 0.349 e. The third-order valence-corrected chi connectivity index (χ3v) is 7.72. The number of rotatable bonds is 6. The second-order valence-electron chi connectivity index (χ2n) is 10.0. The van der Waals surface area contributed by atoms with Gasteiger partial charge in [0.05, 0.1) is 33.0 Å². The highest BCUT2D eigenvalue weighted by molar-refractivity contribution is 6.30. The average molecular weight is 542 g/mol. The number of imidazole rings is 2. The number of amides is 1. The SMILES string of the molecule is Cc1ncc(Cl)cc1C(=O)NC1CCC(Cn2c(=O)n(-c3ccnc(-n4ccnc4)c3)c3ccccc32)CC1. The molecule has 0 saturated heterocycles. The lowest BCUT2D eigenvalue weighted by molar-refractivity contribution is 0.0919. The minimum atomic E-state index is -0.141. The number of aryl methyl sites for hydroxylation is 1. The van der Waals surface area contributed by atoms with Crippen molar-refractivity contribution in [1.82, 2.24) is 34.0 Å². The lowest BCUT2D eigenvalue weighted by Gasteiger charge is -2.29. The number of carbonyl (C=O) groups is 1. The highest BCUT2D eigenvalue weighted by Crippen LogP contribution is 2.28. The molecule has 1 aliphatic carbocycles. The summed E-state index contributed by atoms with van der Waals surface area (Å²) in [6.45, 7) is 2.44. The highest BCUT2D eigenvalue weighted by Gasteiger charge is 2.26. The Bertz CT molecular complexity index is 1700. The summed E-state index contributed by atoms with van der Waals surface area (Å²) in [5, 5.41) is 3.60. The molecule has 0 aliphatic heterocycles. The fourth-order valence-electron chi connectivity index (χ4n) is 5.47. The van der Waals surface area contributed by atoms with Crippen molar-refractivity contribution in [3.63, 3.8) is 0 Å². The normalized spacial score (nSPS) is 17.4. The van der Waals surface area contributed by atoms with E-state index in [9.17, 15) is 9.59 Å². The van der Waals surface area contributed by atoms with Crippen LogP contribution in [0.2, 0.25) is 5.02 Å². The summed E-state index contributed by atoms with van der Waals surface area (Å²) in [7, 11) is 0. The van der Waals surface area contributed by atoms with Gasteiger partial charge in [0.15, 0.2) is 0 Å². The molecule has 0 unspecified atom stereocenters. The number of nitrogens with one attached hydrogen (secondary N) is 1. The zero-order valence-electron chi connectivity index (χ0n) is 21.5. The Balaban J connectivity index is 1.20. The molecule has 1 N–H and O–H groups in total. The van der Waals surface area contributed by atoms with Crippen LogP contribution >= 0.6 is 11.6 Å². The summed E-state index contributed by atoms with van der Waals surface area (Å²) in [6.07, 6.45) is 12.0. The van der Waals surface area contributed by atoms with Crippen molar-refractivity contribution in [3.8, 4) is 11.5 Å². The first kappa shape index (κ1) is 25.1. The van der Waals surface area contributed by atoms with Gasteiger partial charge in [0.1, 0.15) is 12.1 Å². The molecule has 6 rings (SSSR count). The van der Waals surface area contributed by atoms with Crippen molar-refractivity contribution in [3.05, 3.63) is 100 Å². The van der Waals surface area contributed by atoms with Crippen LogP contribution in [0.25, 0.3) is 22.5 Å². The average Bonchev–Trinajstić information content (AvgIpc) is 3.58. The molecule has 0 bridgehead atoms. The van der Waals surface area contributed by atoms with E-state index in [0.29, 0.717) is 34.6 Å². The van der Waals surface area contributed by atoms with Crippen molar-refractivity contribution >= 4 is 28.5 Å². The lowest BCUT2D eigenvalue weighted by Crippen LogP contribution is -2.39. The van der Waals surface area contributed by atoms with Gasteiger partial charge in [-0.2, -0.15) is 0 Å². The molecule has 5 aromatic rings. The smallest absolute Gasteiger partial charge is 0.333 e. The quantitative estimate of drug-likeness (QED) is 0.335. The molecule has 0 atom stereocenters. The predicted molar refractivity (Wildman–Crippen MR) is 150 cm³/mol. The fourth-order valence-corrected chi connectivity index (χ4v) is 5.62. The number of halogens is 1. The van der Waals surface area contributed by atoms with Gasteiger partial charge < -0.3 is 5.32 Å². The molecule has 4 aromatic heterocycles. The van der Waals surface area contributed by atoms with Crippen molar-refractivity contribution < 1.29 is 4.79 Å². The molecule has 9 nitrogen and oxygen atoms in total. The number of carbonyl (C=O) groups excluding carboxylic acids is 1. The van der Waals surface area contributed by atoms with Crippen molar-refractivity contribution in [1.29, 1.82) is 0 Å². The number of hydrogen-bond donors (Lipinski definition) is 1. The van der Waals surface area contributed by atoms with Crippen LogP contribution in [-0.2, 0) is 6.54 Å². The molecule has 4 heterocycles. The van der Waals surface area contributed by atoms with Gasteiger partial charge in [-0.15, -0.1) is 0 Å². The molecule has 39 heavy (non-hydrogen) atoms. The van der Waals surface area contributed by atoms with Gasteiger partial charge in [-0.05, 0) is 62.8 Å². The Morgan fingerprint density at radius 3 is 2.62 bits per heavy atom. The Hall–Kier alpha value is -4.24. The van der Waals surface area contributed by atoms with Gasteiger partial charge in [-0.1, -0.05) is 23.7 Å². The molecule has 0 spiro atoms. The Morgan fingerprint density at radius 2 is 1.85 bits per heavy atom. The van der Waals surface area contributed by atoms with Crippen molar-refractivity contribution in [2.75, 3.05) is 0 Å². The first-order chi connectivity index (χ1) is 19.0. The molecule has 1 aliphatic rings. The van der Waals surface area contributed by atoms with E-state index in [-0.39, 0.29) is 17.6 Å². The molecular formula is C29H28ClN7O2. The van der Waals surface area contributed by atoms with Crippen LogP contribution in [0.1, 0.15) is 41.7 Å². The molecule has 1 fully saturated rings. The number of aromatic nitrogens is 6. The van der Waals surface area contributed by atoms with Gasteiger partial charge in [-0.25, -0.2) is 14.8 Å². The molecule has 1 saturated carbocycles. The minimum absolute atomic E-state index is 0.0710. The molecule has 1 amide bonds. The topological polar surface area (TPSA) is 99.6 Å². The summed E-state index contributed by atoms with van der Waals surface area (Å²) >= 11 is 6.05. The van der Waals surface area contributed by atoms with E-state index >= 15 is 0 Å². The standard InChI is InChI=1S/C29H28ClN7O2/c1-19-24(14-21(30)16-33-19)28(38)34-22-8-6-20(7-9-22)17-36-25-4-2-3-5-26(25)37(29(36)39)23-10-11-32-27(15-23)35-13-12-31-18-35/h2-5,10-16,18,20,22H,6-9,17H2,1H3,(H,34,38). The van der Waals surface area contributed by atoms with E-state index < -0.39 is 0 Å². The van der Waals surface area contributed by atoms with E-state index in [1.165, 1.54) is 0 Å². The number of para-hydroxylation sites is 2. The van der Waals surface area contributed by atoms with E-state index in [2.05, 4.69) is 20.3 Å². The van der Waals surface area contributed by atoms with Crippen LogP contribution < -0.4 is 11.0 Å². The maximum Gasteiger partial charge on any atom is 0.333 e. The summed E-state index contributed by atoms with van der Waals surface area (Å²) in [6, 6.07) is 13.4. The highest BCUT2D eigenvalue weighted by atomic mass is 35.5. The second-order valence-corrected chi connectivity index (χ2v) is 10.5. The van der Waals surface area contributed by atoms with Gasteiger partial charge >= 0.3 is 5.69 Å². The zero-order chi connectivity index (χ0) is 26.9. The number of nitrogens with zero attached hydrogens (tertiary/aromatic N) is 6. The van der Waals surface area contributed by atoms with Gasteiger partial charge in [-0.3, -0.25) is 23.5 Å². The number of hydrogen-bond acceptors (Lipinski definition) is 5. The third-order valence-electron chi connectivity index (χ3n) is 7.51. The third kappa shape index (κ3) is 4.97. The van der Waals surface area contributed by atoms with Gasteiger partial charge in [0.2, 0.25) is 0 Å². The van der Waals surface area contributed by atoms with E-state index in [4.69, 9.17) is 11.6 Å². The molecule has 10 heteroatoms. The molecule has 1 aromatic carbocycles. The van der Waals surface area contributed by atoms with Crippen LogP contribution in [0.4, 0.5) is 0 Å². The Kier molecular flexibility index (Phi) is 6.74. The Morgan fingerprint density at radius 1 is 1.05 bits per heavy atom. The molecule has 198 valence electrons. The second kappa shape index (κ2) is 10.5. The monoisotopic (exact) mass is 541 g/mol. The van der Waals surface area contributed by atoms with Crippen LogP contribution in [0.5, 0.6) is 0 Å². The van der Waals surface area contributed by atoms with Gasteiger partial charge in [0.25, 0.3) is 5.91 Å². The van der Waals surface area contributed by atoms with Crippen LogP contribution in [-0.4, -0.2) is 40.6 Å². The summed E-state index contributed by atoms with van der Waals surface area (Å²) in [4.78, 5) is 39.3. The summed E-state index contributed by atoms with van der Waals surface area (Å²) < 4.78 is 5.46. The first-order valence-electron chi connectivity index (χ1n) is 13.1. The van der Waals surface area contributed by atoms with Crippen molar-refractivity contribution in [2.24, 2.45) is 5.92 Å². The van der Waals surface area contributed by atoms with Crippen LogP contribution in [0, 0.1) is 12.8 Å². The number of fused-ring (bicyclic) bond motifs is 1. The molecule has 0 radical (unpaired) electrons. The van der Waals surface area contributed by atoms with E-state index in [1.807, 2.05) is 51.7 Å². The maximum atomic E-state index is 13.8. The minimum Gasteiger partial charge on any atom is -0.349 e. The fraction of sp³-hybridized carbons (Fsp3) is 0.276. The first-order valence-corrected chi connectivity index (χ1v) is 13.4. The summed E-state index contributed by atoms with van der Waals surface area (Å²) in [5.41, 5.74) is 3.62. The summed E-state index contributed by atoms with van der Waals surface area (Å²) in [5.74, 6) is 0.888. The van der Waals surface area contributed by atoms with Crippen LogP contribution in [0.3, 0.4) is 0 Å². The van der Waals surface area contributed by atoms with E-state index in [0.717, 1.165) is 42.4 Å². The number of pyridine rings is 2. The zero-order valence-corrected chi connectivity index (χ0v) is 22.3. The Labute approximate surface area is 230 Å². The van der Waals surface area contributed by atoms with Crippen molar-refractivity contribution in [2.45, 2.75) is 45.2 Å².